The standard InChI is InChI=1S/C21H15FN6O7/c22-12-3-1-2-4-13(12)26-21(32)35-9-11-7-27(10-23-11)17-5-15-14(6-18(17)28(33)34)24-16(8-29)19(25-15)20(30)31/h1-8,10,16,24H,9H2,(H,26,32)(H,30,31). The first-order valence-corrected chi connectivity index (χ1v) is 9.84. The van der Waals surface area contributed by atoms with Crippen molar-refractivity contribution >= 4 is 46.8 Å². The van der Waals surface area contributed by atoms with Crippen molar-refractivity contribution in [3.05, 3.63) is 70.5 Å². The summed E-state index contributed by atoms with van der Waals surface area (Å²) in [5.74, 6) is -2.06. The fraction of sp³-hybridized carbons (Fsp3) is 0.0952. The van der Waals surface area contributed by atoms with Crippen molar-refractivity contribution in [1.29, 1.82) is 0 Å². The van der Waals surface area contributed by atoms with Gasteiger partial charge in [-0.05, 0) is 18.2 Å². The summed E-state index contributed by atoms with van der Waals surface area (Å²) in [7, 11) is 0. The van der Waals surface area contributed by atoms with Gasteiger partial charge in [0.25, 0.3) is 5.69 Å². The maximum absolute atomic E-state index is 13.6. The Bertz CT molecular complexity index is 1390. The van der Waals surface area contributed by atoms with Crippen molar-refractivity contribution in [2.45, 2.75) is 12.6 Å². The van der Waals surface area contributed by atoms with Gasteiger partial charge in [-0.25, -0.2) is 24.0 Å². The number of para-hydroxylation sites is 1. The Labute approximate surface area is 195 Å². The van der Waals surface area contributed by atoms with Gasteiger partial charge >= 0.3 is 12.1 Å². The zero-order valence-corrected chi connectivity index (χ0v) is 17.5. The van der Waals surface area contributed by atoms with Gasteiger partial charge in [-0.1, -0.05) is 12.1 Å². The van der Waals surface area contributed by atoms with Crippen molar-refractivity contribution in [2.24, 2.45) is 4.99 Å². The quantitative estimate of drug-likeness (QED) is 0.259. The van der Waals surface area contributed by atoms with Crippen LogP contribution in [0.5, 0.6) is 0 Å². The van der Waals surface area contributed by atoms with E-state index in [9.17, 15) is 34.0 Å². The number of imidazole rings is 1. The van der Waals surface area contributed by atoms with Gasteiger partial charge < -0.3 is 20.0 Å². The van der Waals surface area contributed by atoms with Crippen LogP contribution in [0.2, 0.25) is 0 Å². The molecule has 35 heavy (non-hydrogen) atoms. The highest BCUT2D eigenvalue weighted by Crippen LogP contribution is 2.38. The second kappa shape index (κ2) is 9.38. The molecule has 0 spiro atoms. The minimum atomic E-state index is -1.42. The first kappa shape index (κ1) is 23.0. The number of benzene rings is 2. The van der Waals surface area contributed by atoms with Crippen LogP contribution in [-0.2, 0) is 20.9 Å². The molecule has 1 amide bonds. The van der Waals surface area contributed by atoms with Gasteiger partial charge in [0.2, 0.25) is 0 Å². The minimum absolute atomic E-state index is 0.00292. The number of anilines is 2. The first-order valence-electron chi connectivity index (χ1n) is 9.84. The number of rotatable bonds is 7. The molecule has 178 valence electrons. The van der Waals surface area contributed by atoms with Crippen molar-refractivity contribution in [3.8, 4) is 5.69 Å². The Balaban J connectivity index is 1.57. The number of carboxylic acid groups (broad SMARTS) is 1. The highest BCUT2D eigenvalue weighted by molar-refractivity contribution is 6.42. The van der Waals surface area contributed by atoms with Crippen LogP contribution in [0.3, 0.4) is 0 Å². The average Bonchev–Trinajstić information content (AvgIpc) is 3.31. The Morgan fingerprint density at radius 1 is 1.34 bits per heavy atom. The van der Waals surface area contributed by atoms with Crippen LogP contribution in [0.1, 0.15) is 5.69 Å². The molecule has 3 aromatic rings. The van der Waals surface area contributed by atoms with Crippen LogP contribution >= 0.6 is 0 Å². The maximum Gasteiger partial charge on any atom is 0.412 e. The molecule has 0 bridgehead atoms. The number of aliphatic carboxylic acids is 1. The first-order chi connectivity index (χ1) is 16.8. The largest absolute Gasteiger partial charge is 0.477 e. The number of hydrogen-bond donors (Lipinski definition) is 3. The summed E-state index contributed by atoms with van der Waals surface area (Å²) in [6, 6.07) is 6.64. The zero-order chi connectivity index (χ0) is 25.1. The lowest BCUT2D eigenvalue weighted by molar-refractivity contribution is -0.384. The summed E-state index contributed by atoms with van der Waals surface area (Å²) in [6.07, 6.45) is 1.99. The normalized spacial score (nSPS) is 14.2. The van der Waals surface area contributed by atoms with Gasteiger partial charge in [-0.2, -0.15) is 0 Å². The Hall–Kier alpha value is -5.14. The van der Waals surface area contributed by atoms with E-state index >= 15 is 0 Å². The van der Waals surface area contributed by atoms with Crippen LogP contribution < -0.4 is 10.6 Å². The van der Waals surface area contributed by atoms with E-state index in [2.05, 4.69) is 20.6 Å². The molecule has 0 radical (unpaired) electrons. The van der Waals surface area contributed by atoms with Crippen LogP contribution in [0.15, 0.2) is 53.9 Å². The lowest BCUT2D eigenvalue weighted by Crippen LogP contribution is -2.38. The summed E-state index contributed by atoms with van der Waals surface area (Å²) in [6.45, 7) is -0.324. The fourth-order valence-corrected chi connectivity index (χ4v) is 3.26. The van der Waals surface area contributed by atoms with E-state index < -0.39 is 34.6 Å². The number of carbonyl (C=O) groups excluding carboxylic acids is 2. The van der Waals surface area contributed by atoms with Gasteiger partial charge in [0.1, 0.15) is 30.4 Å². The molecule has 13 nitrogen and oxygen atoms in total. The Kier molecular flexibility index (Phi) is 6.17. The highest BCUT2D eigenvalue weighted by atomic mass is 19.1. The molecule has 0 fully saturated rings. The third kappa shape index (κ3) is 4.80. The van der Waals surface area contributed by atoms with Crippen LogP contribution in [0.4, 0.5) is 31.9 Å². The number of nitrogens with zero attached hydrogens (tertiary/aromatic N) is 4. The number of aldehydes is 1. The van der Waals surface area contributed by atoms with E-state index in [-0.39, 0.29) is 40.7 Å². The van der Waals surface area contributed by atoms with E-state index in [1.54, 1.807) is 0 Å². The SMILES string of the molecule is O=CC1Nc2cc([N+](=O)[O-])c(-n3cnc(COC(=O)Nc4ccccc4F)c3)cc2N=C1C(=O)O. The predicted octanol–water partition coefficient (Wildman–Crippen LogP) is 2.82. The number of halogens is 1. The molecule has 1 aliphatic rings. The molecule has 0 saturated heterocycles. The van der Waals surface area contributed by atoms with Gasteiger partial charge in [-0.3, -0.25) is 20.0 Å². The molecule has 3 N–H and O–H groups in total. The van der Waals surface area contributed by atoms with E-state index in [1.807, 2.05) is 0 Å². The lowest BCUT2D eigenvalue weighted by Gasteiger charge is -2.21. The topological polar surface area (TPSA) is 178 Å². The van der Waals surface area contributed by atoms with Crippen molar-refractivity contribution < 1.29 is 33.5 Å². The summed E-state index contributed by atoms with van der Waals surface area (Å²) < 4.78 is 19.9. The van der Waals surface area contributed by atoms with E-state index in [4.69, 9.17) is 4.74 Å². The predicted molar refractivity (Wildman–Crippen MR) is 119 cm³/mol. The second-order valence-electron chi connectivity index (χ2n) is 7.13. The molecule has 1 aliphatic heterocycles. The molecule has 0 saturated carbocycles. The lowest BCUT2D eigenvalue weighted by atomic mass is 10.1. The van der Waals surface area contributed by atoms with Gasteiger partial charge in [-0.15, -0.1) is 0 Å². The van der Waals surface area contributed by atoms with E-state index in [1.165, 1.54) is 47.4 Å². The third-order valence-electron chi connectivity index (χ3n) is 4.87. The third-order valence-corrected chi connectivity index (χ3v) is 4.87. The smallest absolute Gasteiger partial charge is 0.412 e. The van der Waals surface area contributed by atoms with Crippen molar-refractivity contribution in [1.82, 2.24) is 9.55 Å². The molecule has 1 atom stereocenters. The minimum Gasteiger partial charge on any atom is -0.477 e. The van der Waals surface area contributed by atoms with Gasteiger partial charge in [0.15, 0.2) is 5.71 Å². The van der Waals surface area contributed by atoms with Crippen LogP contribution in [0.25, 0.3) is 5.69 Å². The number of hydrogen-bond acceptors (Lipinski definition) is 9. The average molecular weight is 482 g/mol. The molecule has 0 aliphatic carbocycles. The maximum atomic E-state index is 13.6. The van der Waals surface area contributed by atoms with Gasteiger partial charge in [0.05, 0.1) is 34.0 Å². The highest BCUT2D eigenvalue weighted by Gasteiger charge is 2.30. The monoisotopic (exact) mass is 482 g/mol. The molecule has 14 heteroatoms. The fourth-order valence-electron chi connectivity index (χ4n) is 3.26. The molecule has 1 unspecified atom stereocenters. The number of carboxylic acids is 1. The number of amides is 1. The number of aliphatic imine (C=N–C) groups is 1. The van der Waals surface area contributed by atoms with Crippen molar-refractivity contribution in [3.63, 3.8) is 0 Å². The van der Waals surface area contributed by atoms with Crippen LogP contribution in [-0.4, -0.2) is 49.7 Å². The molecular weight excluding hydrogens is 467 g/mol. The van der Waals surface area contributed by atoms with E-state index in [0.717, 1.165) is 6.07 Å². The summed E-state index contributed by atoms with van der Waals surface area (Å²) in [5.41, 5.74) is -0.519. The number of nitro benzene ring substituents is 1. The number of aromatic nitrogens is 2. The second-order valence-corrected chi connectivity index (χ2v) is 7.13. The molecular formula is C21H15FN6O7. The molecule has 2 aromatic carbocycles. The molecule has 1 aromatic heterocycles. The number of nitro groups is 1. The number of fused-ring (bicyclic) bond motifs is 1. The summed E-state index contributed by atoms with van der Waals surface area (Å²) in [5, 5.41) is 25.8. The zero-order valence-electron chi connectivity index (χ0n) is 17.5. The van der Waals surface area contributed by atoms with Crippen LogP contribution in [0, 0.1) is 15.9 Å². The van der Waals surface area contributed by atoms with Crippen molar-refractivity contribution in [2.75, 3.05) is 10.6 Å². The molecule has 2 heterocycles. The van der Waals surface area contributed by atoms with E-state index in [0.29, 0.717) is 6.29 Å². The Morgan fingerprint density at radius 2 is 2.11 bits per heavy atom. The Morgan fingerprint density at radius 3 is 2.80 bits per heavy atom. The summed E-state index contributed by atoms with van der Waals surface area (Å²) in [4.78, 5) is 53.6. The number of nitrogens with one attached hydrogen (secondary N) is 2. The van der Waals surface area contributed by atoms with Gasteiger partial charge in [0, 0.05) is 12.3 Å². The number of carbonyl (C=O) groups is 3. The molecule has 4 rings (SSSR count). The number of ether oxygens (including phenoxy) is 1. The summed E-state index contributed by atoms with van der Waals surface area (Å²) >= 11 is 0.